The minimum Gasteiger partial charge on any atom is -0.350 e. The van der Waals surface area contributed by atoms with Crippen molar-refractivity contribution in [2.24, 2.45) is 0 Å². The highest BCUT2D eigenvalue weighted by Gasteiger charge is 2.50. The Balaban J connectivity index is 1.60. The van der Waals surface area contributed by atoms with Gasteiger partial charge in [0.1, 0.15) is 17.1 Å². The van der Waals surface area contributed by atoms with Gasteiger partial charge in [0.05, 0.1) is 0 Å². The quantitative estimate of drug-likeness (QED) is 0.622. The molecule has 2 heterocycles. The number of imide groups is 1. The summed E-state index contributed by atoms with van der Waals surface area (Å²) < 4.78 is 13.8. The first-order chi connectivity index (χ1) is 12.9. The maximum Gasteiger partial charge on any atom is 0.344 e. The molecule has 1 unspecified atom stereocenters. The lowest BCUT2D eigenvalue weighted by Crippen LogP contribution is -2.48. The van der Waals surface area contributed by atoms with E-state index in [1.807, 2.05) is 0 Å². The fourth-order valence-electron chi connectivity index (χ4n) is 3.11. The Morgan fingerprint density at radius 1 is 1.11 bits per heavy atom. The highest BCUT2D eigenvalue weighted by Crippen LogP contribution is 2.28. The van der Waals surface area contributed by atoms with Crippen molar-refractivity contribution in [2.45, 2.75) is 12.5 Å². The van der Waals surface area contributed by atoms with Crippen LogP contribution in [0.4, 0.5) is 9.18 Å². The minimum atomic E-state index is -1.29. The molecule has 0 spiro atoms. The van der Waals surface area contributed by atoms with Crippen molar-refractivity contribution in [3.63, 3.8) is 0 Å². The van der Waals surface area contributed by atoms with E-state index in [0.717, 1.165) is 0 Å². The summed E-state index contributed by atoms with van der Waals surface area (Å²) in [7, 11) is 0. The van der Waals surface area contributed by atoms with Gasteiger partial charge < -0.3 is 10.3 Å². The molecular formula is C19H15FN4O3. The van der Waals surface area contributed by atoms with Crippen molar-refractivity contribution in [1.29, 1.82) is 0 Å². The van der Waals surface area contributed by atoms with Gasteiger partial charge >= 0.3 is 6.03 Å². The molecule has 1 saturated heterocycles. The standard InChI is InChI=1S/C19H15FN4O3/c1-19(11-6-3-2-4-7-11)17(26)24(18(27)22-19)23-16(25)15-10-12-13(20)8-5-9-14(12)21-15/h2-10,21H,1H3,(H,22,27)(H,23,25). The smallest absolute Gasteiger partial charge is 0.344 e. The Morgan fingerprint density at radius 3 is 2.56 bits per heavy atom. The second kappa shape index (κ2) is 5.94. The summed E-state index contributed by atoms with van der Waals surface area (Å²) in [5.74, 6) is -1.82. The Labute approximate surface area is 153 Å². The highest BCUT2D eigenvalue weighted by molar-refractivity contribution is 6.09. The number of amides is 4. The summed E-state index contributed by atoms with van der Waals surface area (Å²) >= 11 is 0. The minimum absolute atomic E-state index is 0.0315. The fraction of sp³-hybridized carbons (Fsp3) is 0.105. The molecule has 4 rings (SSSR count). The van der Waals surface area contributed by atoms with Gasteiger partial charge in [-0.15, -0.1) is 0 Å². The molecule has 0 bridgehead atoms. The zero-order valence-corrected chi connectivity index (χ0v) is 14.2. The molecule has 2 aromatic carbocycles. The van der Waals surface area contributed by atoms with Crippen LogP contribution in [0.15, 0.2) is 54.6 Å². The number of halogens is 1. The molecule has 0 aliphatic carbocycles. The van der Waals surface area contributed by atoms with Crippen molar-refractivity contribution >= 4 is 28.7 Å². The summed E-state index contributed by atoms with van der Waals surface area (Å²) in [5.41, 5.74) is 2.04. The van der Waals surface area contributed by atoms with Crippen LogP contribution in [0, 0.1) is 5.82 Å². The van der Waals surface area contributed by atoms with Crippen LogP contribution >= 0.6 is 0 Å². The number of hydrazine groups is 1. The Morgan fingerprint density at radius 2 is 1.85 bits per heavy atom. The first-order valence-electron chi connectivity index (χ1n) is 8.20. The molecule has 1 atom stereocenters. The summed E-state index contributed by atoms with van der Waals surface area (Å²) in [5, 5.41) is 3.47. The van der Waals surface area contributed by atoms with Crippen molar-refractivity contribution in [3.05, 3.63) is 71.7 Å². The molecule has 8 heteroatoms. The topological polar surface area (TPSA) is 94.3 Å². The van der Waals surface area contributed by atoms with E-state index in [-0.39, 0.29) is 11.1 Å². The molecule has 0 radical (unpaired) electrons. The van der Waals surface area contributed by atoms with Crippen LogP contribution in [0.25, 0.3) is 10.9 Å². The molecule has 7 nitrogen and oxygen atoms in total. The number of H-pyrrole nitrogens is 1. The van der Waals surface area contributed by atoms with E-state index in [9.17, 15) is 18.8 Å². The number of hydrogen-bond acceptors (Lipinski definition) is 3. The van der Waals surface area contributed by atoms with Crippen molar-refractivity contribution < 1.29 is 18.8 Å². The van der Waals surface area contributed by atoms with Crippen LogP contribution in [-0.2, 0) is 10.3 Å². The second-order valence-electron chi connectivity index (χ2n) is 6.39. The SMILES string of the molecule is CC1(c2ccccc2)NC(=O)N(NC(=O)c2cc3c(F)cccc3[nH]2)C1=O. The molecule has 1 aromatic heterocycles. The van der Waals surface area contributed by atoms with E-state index in [2.05, 4.69) is 15.7 Å². The zero-order chi connectivity index (χ0) is 19.2. The molecule has 136 valence electrons. The Bertz CT molecular complexity index is 1080. The van der Waals surface area contributed by atoms with E-state index in [1.54, 1.807) is 43.3 Å². The fourth-order valence-corrected chi connectivity index (χ4v) is 3.11. The molecular weight excluding hydrogens is 351 g/mol. The molecule has 4 amide bonds. The Hall–Kier alpha value is -3.68. The van der Waals surface area contributed by atoms with Gasteiger partial charge in [-0.05, 0) is 30.7 Å². The first-order valence-corrected chi connectivity index (χ1v) is 8.20. The van der Waals surface area contributed by atoms with Gasteiger partial charge in [-0.2, -0.15) is 5.01 Å². The number of urea groups is 1. The normalized spacial score (nSPS) is 19.4. The highest BCUT2D eigenvalue weighted by atomic mass is 19.1. The van der Waals surface area contributed by atoms with Gasteiger partial charge in [0.2, 0.25) is 0 Å². The number of rotatable bonds is 3. The number of aromatic amines is 1. The molecule has 1 aliphatic rings. The summed E-state index contributed by atoms with van der Waals surface area (Å²) in [4.78, 5) is 40.3. The average Bonchev–Trinajstić information content (AvgIpc) is 3.19. The van der Waals surface area contributed by atoms with Gasteiger partial charge in [-0.3, -0.25) is 15.0 Å². The molecule has 3 N–H and O–H groups in total. The number of benzene rings is 2. The number of nitrogens with zero attached hydrogens (tertiary/aromatic N) is 1. The van der Waals surface area contributed by atoms with E-state index in [4.69, 9.17) is 0 Å². The number of carbonyl (C=O) groups is 3. The lowest BCUT2D eigenvalue weighted by atomic mass is 9.92. The van der Waals surface area contributed by atoms with Crippen LogP contribution in [0.3, 0.4) is 0 Å². The Kier molecular flexibility index (Phi) is 3.69. The molecule has 27 heavy (non-hydrogen) atoms. The van der Waals surface area contributed by atoms with Crippen molar-refractivity contribution in [2.75, 3.05) is 0 Å². The van der Waals surface area contributed by atoms with E-state index in [1.165, 1.54) is 18.2 Å². The number of carbonyl (C=O) groups excluding carboxylic acids is 3. The lowest BCUT2D eigenvalue weighted by molar-refractivity contribution is -0.132. The van der Waals surface area contributed by atoms with Gasteiger partial charge in [-0.25, -0.2) is 9.18 Å². The monoisotopic (exact) mass is 366 g/mol. The van der Waals surface area contributed by atoms with Crippen LogP contribution in [0.2, 0.25) is 0 Å². The molecule has 1 fully saturated rings. The van der Waals surface area contributed by atoms with E-state index < -0.39 is 29.2 Å². The predicted octanol–water partition coefficient (Wildman–Crippen LogP) is 2.42. The maximum absolute atomic E-state index is 13.8. The van der Waals surface area contributed by atoms with Crippen LogP contribution in [0.1, 0.15) is 23.0 Å². The van der Waals surface area contributed by atoms with Crippen molar-refractivity contribution in [3.8, 4) is 0 Å². The summed E-state index contributed by atoms with van der Waals surface area (Å²) in [6.45, 7) is 1.56. The third-order valence-electron chi connectivity index (χ3n) is 4.61. The van der Waals surface area contributed by atoms with Crippen LogP contribution in [0.5, 0.6) is 0 Å². The summed E-state index contributed by atoms with van der Waals surface area (Å²) in [6, 6.07) is 13.7. The third-order valence-corrected chi connectivity index (χ3v) is 4.61. The number of nitrogens with one attached hydrogen (secondary N) is 3. The van der Waals surface area contributed by atoms with Gasteiger partial charge in [-0.1, -0.05) is 36.4 Å². The predicted molar refractivity (Wildman–Crippen MR) is 94.9 cm³/mol. The van der Waals surface area contributed by atoms with Crippen molar-refractivity contribution in [1.82, 2.24) is 20.7 Å². The number of fused-ring (bicyclic) bond motifs is 1. The van der Waals surface area contributed by atoms with Gasteiger partial charge in [0, 0.05) is 10.9 Å². The molecule has 0 saturated carbocycles. The van der Waals surface area contributed by atoms with Crippen LogP contribution in [-0.4, -0.2) is 27.8 Å². The summed E-state index contributed by atoms with van der Waals surface area (Å²) in [6.07, 6.45) is 0. The third kappa shape index (κ3) is 2.62. The number of hydrogen-bond donors (Lipinski definition) is 3. The lowest BCUT2D eigenvalue weighted by Gasteiger charge is -2.21. The maximum atomic E-state index is 13.8. The number of aromatic nitrogens is 1. The zero-order valence-electron chi connectivity index (χ0n) is 14.2. The van der Waals surface area contributed by atoms with Gasteiger partial charge in [0.25, 0.3) is 11.8 Å². The van der Waals surface area contributed by atoms with Crippen LogP contribution < -0.4 is 10.7 Å². The molecule has 1 aliphatic heterocycles. The largest absolute Gasteiger partial charge is 0.350 e. The average molecular weight is 366 g/mol. The van der Waals surface area contributed by atoms with E-state index >= 15 is 0 Å². The second-order valence-corrected chi connectivity index (χ2v) is 6.39. The molecule has 3 aromatic rings. The van der Waals surface area contributed by atoms with E-state index in [0.29, 0.717) is 16.1 Å². The first kappa shape index (κ1) is 16.8. The van der Waals surface area contributed by atoms with Gasteiger partial charge in [0.15, 0.2) is 0 Å².